The second-order valence-corrected chi connectivity index (χ2v) is 11.5. The van der Waals surface area contributed by atoms with Gasteiger partial charge in [0.2, 0.25) is 6.19 Å². The molecule has 3 N–H and O–H groups in total. The number of nitriles is 1. The molecule has 7 nitrogen and oxygen atoms in total. The van der Waals surface area contributed by atoms with Crippen LogP contribution in [0.5, 0.6) is 0 Å². The molecule has 6 aliphatic rings. The first-order chi connectivity index (χ1) is 14.5. The Morgan fingerprint density at radius 2 is 2.03 bits per heavy atom. The molecular formula is C24H34N2O5. The van der Waals surface area contributed by atoms with Crippen LogP contribution < -0.4 is 0 Å². The Kier molecular flexibility index (Phi) is 4.43. The summed E-state index contributed by atoms with van der Waals surface area (Å²) in [6.07, 6.45) is 9.84. The average molecular weight is 431 g/mol. The van der Waals surface area contributed by atoms with Gasteiger partial charge < -0.3 is 15.3 Å². The number of rotatable bonds is 3. The molecule has 170 valence electrons. The normalized spacial score (nSPS) is 53.3. The van der Waals surface area contributed by atoms with Crippen molar-refractivity contribution in [2.24, 2.45) is 34.5 Å². The first-order valence-corrected chi connectivity index (χ1v) is 11.7. The standard InChI is InChI=1S/C24H34N2O5/c1-14(10-19(29)30)16-11-17(28)20-21(16,2)6-5-18-22(3)7-4-15(27)12-23(22)8-9-24(18,20)31-26(23)13-25/h8-9,14-18,20,27-28H,4-7,10-12H2,1-3H3,(H,29,30)/t14-,15+,16-,17-,18-,20-,21-,22-,23-,24-/m1/s1. The van der Waals surface area contributed by atoms with Gasteiger partial charge >= 0.3 is 5.97 Å². The van der Waals surface area contributed by atoms with Crippen LogP contribution in [0, 0.1) is 46.0 Å². The SMILES string of the molecule is C[C@H](CC(=O)O)[C@H]1C[C@@H](O)[C@@H]2[C@]1(C)CC[C@H]1[C@]23C=C[C@]2(C[C@@H](O)CC[C@]12C)N(C#N)O3. The van der Waals surface area contributed by atoms with Crippen LogP contribution >= 0.6 is 0 Å². The van der Waals surface area contributed by atoms with Crippen LogP contribution in [0.2, 0.25) is 0 Å². The van der Waals surface area contributed by atoms with Gasteiger partial charge in [-0.3, -0.25) is 9.63 Å². The van der Waals surface area contributed by atoms with E-state index in [9.17, 15) is 25.4 Å². The predicted octanol–water partition coefficient (Wildman–Crippen LogP) is 2.84. The van der Waals surface area contributed by atoms with E-state index >= 15 is 0 Å². The van der Waals surface area contributed by atoms with Crippen molar-refractivity contribution in [2.45, 2.75) is 89.1 Å². The number of fused-ring (bicyclic) bond motifs is 2. The fraction of sp³-hybridized carbons (Fsp3) is 0.833. The third kappa shape index (κ3) is 2.42. The predicted molar refractivity (Wildman–Crippen MR) is 111 cm³/mol. The van der Waals surface area contributed by atoms with Gasteiger partial charge in [0.25, 0.3) is 0 Å². The van der Waals surface area contributed by atoms with E-state index < -0.39 is 29.3 Å². The number of aliphatic hydroxyl groups is 2. The summed E-state index contributed by atoms with van der Waals surface area (Å²) in [6.45, 7) is 6.42. The molecule has 31 heavy (non-hydrogen) atoms. The lowest BCUT2D eigenvalue weighted by atomic mass is 9.41. The number of carboxylic acids is 1. The average Bonchev–Trinajstić information content (AvgIpc) is 2.98. The minimum Gasteiger partial charge on any atom is -0.481 e. The van der Waals surface area contributed by atoms with Crippen molar-refractivity contribution in [3.8, 4) is 6.19 Å². The van der Waals surface area contributed by atoms with Crippen molar-refractivity contribution in [1.82, 2.24) is 5.06 Å². The Balaban J connectivity index is 1.62. The minimum atomic E-state index is -0.805. The molecule has 0 aromatic rings. The van der Waals surface area contributed by atoms with Gasteiger partial charge in [-0.05, 0) is 49.4 Å². The highest BCUT2D eigenvalue weighted by atomic mass is 16.7. The fourth-order valence-corrected chi connectivity index (χ4v) is 8.99. The molecule has 10 atom stereocenters. The first-order valence-electron chi connectivity index (χ1n) is 11.7. The number of carboxylic acid groups (broad SMARTS) is 1. The van der Waals surface area contributed by atoms with Crippen LogP contribution in [-0.4, -0.2) is 49.7 Å². The van der Waals surface area contributed by atoms with E-state index in [-0.39, 0.29) is 40.9 Å². The van der Waals surface area contributed by atoms with Gasteiger partial charge in [-0.25, -0.2) is 0 Å². The Labute approximate surface area is 183 Å². The van der Waals surface area contributed by atoms with Crippen molar-refractivity contribution in [3.05, 3.63) is 12.2 Å². The Bertz CT molecular complexity index is 871. The second kappa shape index (κ2) is 6.46. The van der Waals surface area contributed by atoms with E-state index in [1.165, 1.54) is 5.06 Å². The zero-order valence-electron chi connectivity index (χ0n) is 18.6. The second-order valence-electron chi connectivity index (χ2n) is 11.5. The van der Waals surface area contributed by atoms with Gasteiger partial charge in [0, 0.05) is 30.1 Å². The summed E-state index contributed by atoms with van der Waals surface area (Å²) < 4.78 is 0. The van der Waals surface area contributed by atoms with Gasteiger partial charge in [0.1, 0.15) is 11.1 Å². The van der Waals surface area contributed by atoms with Crippen LogP contribution in [0.1, 0.15) is 65.7 Å². The molecule has 2 heterocycles. The monoisotopic (exact) mass is 430 g/mol. The highest BCUT2D eigenvalue weighted by Gasteiger charge is 2.77. The molecule has 0 aromatic heterocycles. The number of aliphatic carboxylic acids is 1. The zero-order chi connectivity index (χ0) is 22.4. The lowest BCUT2D eigenvalue weighted by molar-refractivity contribution is -0.386. The lowest BCUT2D eigenvalue weighted by Crippen LogP contribution is -2.78. The highest BCUT2D eigenvalue weighted by molar-refractivity contribution is 5.67. The zero-order valence-corrected chi connectivity index (χ0v) is 18.6. The minimum absolute atomic E-state index is 0.0437. The molecule has 4 fully saturated rings. The van der Waals surface area contributed by atoms with Gasteiger partial charge in [-0.1, -0.05) is 32.9 Å². The molecule has 2 aliphatic heterocycles. The third-order valence-electron chi connectivity index (χ3n) is 10.2. The van der Waals surface area contributed by atoms with E-state index in [4.69, 9.17) is 4.84 Å². The molecule has 7 heteroatoms. The molecule has 2 bridgehead atoms. The van der Waals surface area contributed by atoms with E-state index in [0.717, 1.165) is 19.3 Å². The van der Waals surface area contributed by atoms with Crippen LogP contribution in [-0.2, 0) is 9.63 Å². The van der Waals surface area contributed by atoms with Crippen molar-refractivity contribution in [2.75, 3.05) is 0 Å². The Morgan fingerprint density at radius 3 is 2.71 bits per heavy atom. The summed E-state index contributed by atoms with van der Waals surface area (Å²) in [6, 6.07) is 0. The first kappa shape index (κ1) is 21.2. The summed E-state index contributed by atoms with van der Waals surface area (Å²) in [4.78, 5) is 18.0. The number of hydrogen-bond donors (Lipinski definition) is 3. The summed E-state index contributed by atoms with van der Waals surface area (Å²) in [5.74, 6) is -0.822. The van der Waals surface area contributed by atoms with E-state index in [0.29, 0.717) is 19.3 Å². The maximum Gasteiger partial charge on any atom is 0.303 e. The molecule has 4 aliphatic carbocycles. The molecule has 0 aromatic carbocycles. The van der Waals surface area contributed by atoms with Gasteiger partial charge in [0.15, 0.2) is 0 Å². The number of hydrogen-bond acceptors (Lipinski definition) is 6. The number of carbonyl (C=O) groups is 1. The van der Waals surface area contributed by atoms with Crippen LogP contribution in [0.25, 0.3) is 0 Å². The molecule has 2 spiro atoms. The smallest absolute Gasteiger partial charge is 0.303 e. The molecule has 3 saturated carbocycles. The number of nitrogens with zero attached hydrogens (tertiary/aromatic N) is 2. The van der Waals surface area contributed by atoms with Crippen molar-refractivity contribution < 1.29 is 25.0 Å². The summed E-state index contributed by atoms with van der Waals surface area (Å²) in [7, 11) is 0. The highest BCUT2D eigenvalue weighted by Crippen LogP contribution is 2.73. The Morgan fingerprint density at radius 1 is 1.29 bits per heavy atom. The van der Waals surface area contributed by atoms with E-state index in [1.807, 2.05) is 6.92 Å². The van der Waals surface area contributed by atoms with Gasteiger partial charge in [0.05, 0.1) is 12.2 Å². The maximum atomic E-state index is 11.4. The van der Waals surface area contributed by atoms with Crippen LogP contribution in [0.15, 0.2) is 12.2 Å². The van der Waals surface area contributed by atoms with Crippen LogP contribution in [0.4, 0.5) is 0 Å². The molecular weight excluding hydrogens is 396 g/mol. The maximum absolute atomic E-state index is 11.4. The quantitative estimate of drug-likeness (QED) is 0.466. The topological polar surface area (TPSA) is 114 Å². The molecule has 0 unspecified atom stereocenters. The molecule has 6 rings (SSSR count). The lowest BCUT2D eigenvalue weighted by Gasteiger charge is -2.72. The van der Waals surface area contributed by atoms with E-state index in [1.54, 1.807) is 0 Å². The fourth-order valence-electron chi connectivity index (χ4n) is 8.99. The summed E-state index contributed by atoms with van der Waals surface area (Å²) in [5.41, 5.74) is -1.93. The largest absolute Gasteiger partial charge is 0.481 e. The van der Waals surface area contributed by atoms with Crippen molar-refractivity contribution in [3.63, 3.8) is 0 Å². The van der Waals surface area contributed by atoms with Crippen LogP contribution in [0.3, 0.4) is 0 Å². The van der Waals surface area contributed by atoms with Crippen molar-refractivity contribution >= 4 is 5.97 Å². The van der Waals surface area contributed by atoms with Gasteiger partial charge in [-0.15, -0.1) is 0 Å². The molecule has 1 saturated heterocycles. The van der Waals surface area contributed by atoms with Crippen molar-refractivity contribution in [1.29, 1.82) is 5.26 Å². The number of aliphatic hydroxyl groups excluding tert-OH is 2. The third-order valence-corrected chi connectivity index (χ3v) is 10.2. The summed E-state index contributed by atoms with van der Waals surface area (Å²) >= 11 is 0. The Hall–Kier alpha value is -1.62. The number of hydroxylamine groups is 2. The molecule has 0 amide bonds. The summed E-state index contributed by atoms with van der Waals surface area (Å²) in [5, 5.41) is 42.7. The van der Waals surface area contributed by atoms with E-state index in [2.05, 4.69) is 32.2 Å². The molecule has 0 radical (unpaired) electrons. The van der Waals surface area contributed by atoms with Gasteiger partial charge in [-0.2, -0.15) is 10.3 Å².